The molecule has 0 amide bonds. The van der Waals surface area contributed by atoms with E-state index in [1.54, 1.807) is 6.07 Å². The van der Waals surface area contributed by atoms with E-state index in [0.717, 1.165) is 0 Å². The highest BCUT2D eigenvalue weighted by molar-refractivity contribution is 9.10. The van der Waals surface area contributed by atoms with Crippen molar-refractivity contribution in [2.24, 2.45) is 0 Å². The summed E-state index contributed by atoms with van der Waals surface area (Å²) < 4.78 is 31.8. The standard InChI is InChI=1S/C12H19BrN2O3S/c1-9(2)18-7-6-15(3)19(16,17)10-4-5-12(14)11(13)8-10/h4-5,8-9H,6-7,14H2,1-3H3. The molecule has 0 aromatic heterocycles. The lowest BCUT2D eigenvalue weighted by Gasteiger charge is -2.18. The van der Waals surface area contributed by atoms with Gasteiger partial charge < -0.3 is 10.5 Å². The number of hydrogen-bond acceptors (Lipinski definition) is 4. The fourth-order valence-corrected chi connectivity index (χ4v) is 3.10. The second-order valence-corrected chi connectivity index (χ2v) is 7.33. The van der Waals surface area contributed by atoms with Gasteiger partial charge in [0.15, 0.2) is 0 Å². The minimum atomic E-state index is -3.51. The van der Waals surface area contributed by atoms with Crippen molar-refractivity contribution in [3.63, 3.8) is 0 Å². The molecule has 0 bridgehead atoms. The van der Waals surface area contributed by atoms with Crippen LogP contribution in [0, 0.1) is 0 Å². The lowest BCUT2D eigenvalue weighted by molar-refractivity contribution is 0.0737. The molecule has 0 saturated carbocycles. The average Bonchev–Trinajstić information content (AvgIpc) is 2.31. The van der Waals surface area contributed by atoms with Crippen LogP contribution in [0.2, 0.25) is 0 Å². The first kappa shape index (κ1) is 16.4. The van der Waals surface area contributed by atoms with E-state index < -0.39 is 10.0 Å². The van der Waals surface area contributed by atoms with Gasteiger partial charge in [-0.1, -0.05) is 0 Å². The first-order valence-electron chi connectivity index (χ1n) is 5.88. The number of halogens is 1. The topological polar surface area (TPSA) is 72.6 Å². The van der Waals surface area contributed by atoms with E-state index in [2.05, 4.69) is 15.9 Å². The molecule has 0 aliphatic heterocycles. The molecule has 0 atom stereocenters. The molecular formula is C12H19BrN2O3S. The van der Waals surface area contributed by atoms with Gasteiger partial charge in [0.05, 0.1) is 17.6 Å². The average molecular weight is 351 g/mol. The van der Waals surface area contributed by atoms with Crippen LogP contribution in [0.25, 0.3) is 0 Å². The molecule has 7 heteroatoms. The molecule has 5 nitrogen and oxygen atoms in total. The Balaban J connectivity index is 2.81. The molecule has 1 rings (SSSR count). The molecule has 1 aromatic rings. The second-order valence-electron chi connectivity index (χ2n) is 4.43. The predicted molar refractivity (Wildman–Crippen MR) is 79.5 cm³/mol. The molecule has 0 aliphatic carbocycles. The van der Waals surface area contributed by atoms with Crippen LogP contribution in [0.5, 0.6) is 0 Å². The summed E-state index contributed by atoms with van der Waals surface area (Å²) in [5, 5.41) is 0. The van der Waals surface area contributed by atoms with Crippen molar-refractivity contribution >= 4 is 31.6 Å². The van der Waals surface area contributed by atoms with E-state index in [9.17, 15) is 8.42 Å². The molecule has 19 heavy (non-hydrogen) atoms. The van der Waals surface area contributed by atoms with E-state index in [4.69, 9.17) is 10.5 Å². The smallest absolute Gasteiger partial charge is 0.242 e. The first-order chi connectivity index (χ1) is 8.75. The predicted octanol–water partition coefficient (Wildman–Crippen LogP) is 2.08. The lowest BCUT2D eigenvalue weighted by atomic mass is 10.3. The normalized spacial score (nSPS) is 12.3. The number of hydrogen-bond donors (Lipinski definition) is 1. The van der Waals surface area contributed by atoms with Gasteiger partial charge in [-0.2, -0.15) is 4.31 Å². The van der Waals surface area contributed by atoms with Crippen molar-refractivity contribution < 1.29 is 13.2 Å². The Morgan fingerprint density at radius 1 is 1.42 bits per heavy atom. The van der Waals surface area contributed by atoms with Crippen LogP contribution in [0.4, 0.5) is 5.69 Å². The van der Waals surface area contributed by atoms with Crippen LogP contribution in [-0.4, -0.2) is 39.0 Å². The van der Waals surface area contributed by atoms with Gasteiger partial charge in [-0.3, -0.25) is 0 Å². The summed E-state index contributed by atoms with van der Waals surface area (Å²) in [5.41, 5.74) is 6.15. The zero-order valence-electron chi connectivity index (χ0n) is 11.3. The van der Waals surface area contributed by atoms with E-state index in [0.29, 0.717) is 23.3 Å². The summed E-state index contributed by atoms with van der Waals surface area (Å²) in [6.07, 6.45) is 0.0850. The molecule has 108 valence electrons. The monoisotopic (exact) mass is 350 g/mol. The highest BCUT2D eigenvalue weighted by atomic mass is 79.9. The quantitative estimate of drug-likeness (QED) is 0.797. The Morgan fingerprint density at radius 3 is 2.58 bits per heavy atom. The molecule has 0 saturated heterocycles. The highest BCUT2D eigenvalue weighted by Gasteiger charge is 2.21. The van der Waals surface area contributed by atoms with Crippen molar-refractivity contribution in [1.82, 2.24) is 4.31 Å². The fourth-order valence-electron chi connectivity index (χ4n) is 1.39. The van der Waals surface area contributed by atoms with Crippen LogP contribution in [-0.2, 0) is 14.8 Å². The molecule has 0 radical (unpaired) electrons. The van der Waals surface area contributed by atoms with Gasteiger partial charge in [-0.05, 0) is 48.0 Å². The van der Waals surface area contributed by atoms with Gasteiger partial charge in [0.2, 0.25) is 10.0 Å². The van der Waals surface area contributed by atoms with Crippen LogP contribution >= 0.6 is 15.9 Å². The van der Waals surface area contributed by atoms with Gasteiger partial charge in [0, 0.05) is 23.8 Å². The maximum absolute atomic E-state index is 12.3. The summed E-state index contributed by atoms with van der Waals surface area (Å²) >= 11 is 3.23. The number of benzene rings is 1. The Labute approximate surface area is 122 Å². The van der Waals surface area contributed by atoms with Crippen LogP contribution in [0.3, 0.4) is 0 Å². The van der Waals surface area contributed by atoms with Crippen LogP contribution < -0.4 is 5.73 Å². The number of nitrogen functional groups attached to an aromatic ring is 1. The van der Waals surface area contributed by atoms with Crippen molar-refractivity contribution in [2.45, 2.75) is 24.8 Å². The summed E-state index contributed by atoms with van der Waals surface area (Å²) in [6, 6.07) is 4.56. The number of ether oxygens (including phenoxy) is 1. The van der Waals surface area contributed by atoms with E-state index >= 15 is 0 Å². The Hall–Kier alpha value is -0.630. The maximum atomic E-state index is 12.3. The van der Waals surface area contributed by atoms with Crippen molar-refractivity contribution in [1.29, 1.82) is 0 Å². The third-order valence-corrected chi connectivity index (χ3v) is 5.08. The van der Waals surface area contributed by atoms with Crippen molar-refractivity contribution in [2.75, 3.05) is 25.9 Å². The van der Waals surface area contributed by atoms with Crippen molar-refractivity contribution in [3.8, 4) is 0 Å². The van der Waals surface area contributed by atoms with E-state index in [1.807, 2.05) is 13.8 Å². The van der Waals surface area contributed by atoms with E-state index in [-0.39, 0.29) is 11.0 Å². The number of nitrogens with zero attached hydrogens (tertiary/aromatic N) is 1. The minimum Gasteiger partial charge on any atom is -0.398 e. The summed E-state index contributed by atoms with van der Waals surface area (Å²) in [7, 11) is -1.98. The SMILES string of the molecule is CC(C)OCCN(C)S(=O)(=O)c1ccc(N)c(Br)c1. The number of anilines is 1. The molecular weight excluding hydrogens is 332 g/mol. The second kappa shape index (κ2) is 6.69. The largest absolute Gasteiger partial charge is 0.398 e. The third kappa shape index (κ3) is 4.45. The van der Waals surface area contributed by atoms with Gasteiger partial charge in [-0.25, -0.2) is 8.42 Å². The molecule has 2 N–H and O–H groups in total. The highest BCUT2D eigenvalue weighted by Crippen LogP contribution is 2.24. The molecule has 0 aliphatic rings. The lowest BCUT2D eigenvalue weighted by Crippen LogP contribution is -2.31. The molecule has 1 aromatic carbocycles. The van der Waals surface area contributed by atoms with Crippen molar-refractivity contribution in [3.05, 3.63) is 22.7 Å². The Kier molecular flexibility index (Phi) is 5.79. The summed E-state index contributed by atoms with van der Waals surface area (Å²) in [4.78, 5) is 0.209. The first-order valence-corrected chi connectivity index (χ1v) is 8.11. The summed E-state index contributed by atoms with van der Waals surface area (Å²) in [6.45, 7) is 4.49. The van der Waals surface area contributed by atoms with Gasteiger partial charge in [0.25, 0.3) is 0 Å². The summed E-state index contributed by atoms with van der Waals surface area (Å²) in [5.74, 6) is 0. The van der Waals surface area contributed by atoms with E-state index in [1.165, 1.54) is 23.5 Å². The number of nitrogens with two attached hydrogens (primary N) is 1. The zero-order valence-corrected chi connectivity index (χ0v) is 13.7. The van der Waals surface area contributed by atoms with Crippen LogP contribution in [0.15, 0.2) is 27.6 Å². The molecule has 0 spiro atoms. The fraction of sp³-hybridized carbons (Fsp3) is 0.500. The minimum absolute atomic E-state index is 0.0850. The molecule has 0 heterocycles. The number of sulfonamides is 1. The van der Waals surface area contributed by atoms with Gasteiger partial charge in [-0.15, -0.1) is 0 Å². The van der Waals surface area contributed by atoms with Gasteiger partial charge >= 0.3 is 0 Å². The Morgan fingerprint density at radius 2 is 2.05 bits per heavy atom. The Bertz CT molecular complexity index is 532. The zero-order chi connectivity index (χ0) is 14.6. The number of likely N-dealkylation sites (N-methyl/N-ethyl adjacent to an activating group) is 1. The third-order valence-electron chi connectivity index (χ3n) is 2.54. The van der Waals surface area contributed by atoms with Gasteiger partial charge in [0.1, 0.15) is 0 Å². The number of rotatable bonds is 6. The van der Waals surface area contributed by atoms with Crippen LogP contribution in [0.1, 0.15) is 13.8 Å². The molecule has 0 fully saturated rings. The molecule has 0 unspecified atom stereocenters. The maximum Gasteiger partial charge on any atom is 0.242 e.